The van der Waals surface area contributed by atoms with E-state index in [4.69, 9.17) is 4.74 Å². The second-order valence-corrected chi connectivity index (χ2v) is 9.71. The van der Waals surface area contributed by atoms with Gasteiger partial charge in [-0.2, -0.15) is 0 Å². The van der Waals surface area contributed by atoms with Gasteiger partial charge in [0.1, 0.15) is 11.5 Å². The van der Waals surface area contributed by atoms with Crippen LogP contribution in [-0.4, -0.2) is 31.5 Å². The van der Waals surface area contributed by atoms with Gasteiger partial charge in [-0.1, -0.05) is 6.07 Å². The molecular weight excluding hydrogens is 456 g/mol. The van der Waals surface area contributed by atoms with Crippen molar-refractivity contribution in [2.24, 2.45) is 0 Å². The third-order valence-corrected chi connectivity index (χ3v) is 7.42. The first-order valence-electron chi connectivity index (χ1n) is 10.3. The van der Waals surface area contributed by atoms with E-state index in [0.717, 1.165) is 11.1 Å². The summed E-state index contributed by atoms with van der Waals surface area (Å²) in [5, 5.41) is 13.6. The molecule has 3 N–H and O–H groups in total. The highest BCUT2D eigenvalue weighted by atomic mass is 32.2. The largest absolute Gasteiger partial charge is 0.506 e. The Morgan fingerprint density at radius 2 is 1.68 bits per heavy atom. The van der Waals surface area contributed by atoms with Crippen LogP contribution in [0.3, 0.4) is 0 Å². The summed E-state index contributed by atoms with van der Waals surface area (Å²) in [6.45, 7) is 3.91. The average Bonchev–Trinajstić information content (AvgIpc) is 2.81. The maximum Gasteiger partial charge on any atom is 0.271 e. The maximum absolute atomic E-state index is 13.1. The van der Waals surface area contributed by atoms with Gasteiger partial charge >= 0.3 is 0 Å². The number of pyridine rings is 1. The minimum Gasteiger partial charge on any atom is -0.506 e. The zero-order chi connectivity index (χ0) is 24.6. The van der Waals surface area contributed by atoms with Crippen LogP contribution >= 0.6 is 0 Å². The summed E-state index contributed by atoms with van der Waals surface area (Å²) in [4.78, 5) is 27.0. The van der Waals surface area contributed by atoms with Crippen LogP contribution in [0.1, 0.15) is 21.5 Å². The van der Waals surface area contributed by atoms with E-state index in [1.165, 1.54) is 49.6 Å². The number of aryl methyl sites for hydroxylation is 2. The molecule has 0 saturated carbocycles. The molecule has 4 rings (SSSR count). The summed E-state index contributed by atoms with van der Waals surface area (Å²) in [6, 6.07) is 15.2. The number of ether oxygens (including phenoxy) is 1. The Morgan fingerprint density at radius 3 is 2.32 bits per heavy atom. The molecule has 0 spiro atoms. The van der Waals surface area contributed by atoms with E-state index in [0.29, 0.717) is 11.4 Å². The lowest BCUT2D eigenvalue weighted by atomic mass is 10.1. The molecular formula is C25H22N2O6S. The highest BCUT2D eigenvalue weighted by molar-refractivity contribution is 7.91. The number of aromatic hydroxyl groups is 1. The lowest BCUT2D eigenvalue weighted by Crippen LogP contribution is -2.19. The third kappa shape index (κ3) is 4.13. The zero-order valence-corrected chi connectivity index (χ0v) is 19.5. The number of hydrogen-bond acceptors (Lipinski definition) is 6. The second kappa shape index (κ2) is 8.68. The molecule has 0 fully saturated rings. The first-order chi connectivity index (χ1) is 16.1. The second-order valence-electron chi connectivity index (χ2n) is 7.82. The highest BCUT2D eigenvalue weighted by Gasteiger charge is 2.27. The fraction of sp³-hybridized carbons (Fsp3) is 0.120. The molecule has 1 amide bonds. The predicted octanol–water partition coefficient (Wildman–Crippen LogP) is 3.94. The molecule has 0 aliphatic carbocycles. The fourth-order valence-electron chi connectivity index (χ4n) is 3.55. The number of aromatic nitrogens is 1. The van der Waals surface area contributed by atoms with Crippen molar-refractivity contribution in [2.45, 2.75) is 23.6 Å². The molecule has 0 unspecified atom stereocenters. The van der Waals surface area contributed by atoms with Gasteiger partial charge in [0.2, 0.25) is 9.84 Å². The Hall–Kier alpha value is -4.11. The van der Waals surface area contributed by atoms with Gasteiger partial charge in [0.15, 0.2) is 4.90 Å². The van der Waals surface area contributed by atoms with Gasteiger partial charge in [-0.25, -0.2) is 8.42 Å². The Bertz CT molecular complexity index is 1590. The number of methoxy groups -OCH3 is 1. The van der Waals surface area contributed by atoms with Crippen molar-refractivity contribution in [3.63, 3.8) is 0 Å². The molecule has 0 radical (unpaired) electrons. The van der Waals surface area contributed by atoms with Gasteiger partial charge in [-0.15, -0.1) is 0 Å². The minimum atomic E-state index is -4.32. The van der Waals surface area contributed by atoms with Crippen molar-refractivity contribution in [3.8, 4) is 11.5 Å². The topological polar surface area (TPSA) is 126 Å². The third-order valence-electron chi connectivity index (χ3n) is 5.61. The van der Waals surface area contributed by atoms with Crippen LogP contribution in [0.25, 0.3) is 10.9 Å². The summed E-state index contributed by atoms with van der Waals surface area (Å²) >= 11 is 0. The van der Waals surface area contributed by atoms with Crippen LogP contribution in [0.15, 0.2) is 75.2 Å². The smallest absolute Gasteiger partial charge is 0.271 e. The number of nitrogens with one attached hydrogen (secondary N) is 2. The number of aromatic amines is 1. The van der Waals surface area contributed by atoms with Crippen molar-refractivity contribution >= 4 is 32.3 Å². The van der Waals surface area contributed by atoms with Gasteiger partial charge < -0.3 is 20.1 Å². The van der Waals surface area contributed by atoms with E-state index in [2.05, 4.69) is 10.3 Å². The lowest BCUT2D eigenvalue weighted by molar-refractivity contribution is 0.102. The van der Waals surface area contributed by atoms with E-state index in [-0.39, 0.29) is 21.4 Å². The SMILES string of the molecule is COc1ccc(S(=O)(=O)c2c(O)c3ccc(C(=O)Nc4ccc(C)c(C)c4)cc3[nH]c2=O)cc1. The van der Waals surface area contributed by atoms with Crippen LogP contribution in [-0.2, 0) is 9.84 Å². The number of carbonyl (C=O) groups excluding carboxylic acids is 1. The summed E-state index contributed by atoms with van der Waals surface area (Å²) in [6.07, 6.45) is 0. The molecule has 0 saturated heterocycles. The molecule has 0 bridgehead atoms. The number of amides is 1. The number of anilines is 1. The molecule has 4 aromatic rings. The summed E-state index contributed by atoms with van der Waals surface area (Å²) in [5.41, 5.74) is 2.10. The van der Waals surface area contributed by atoms with Crippen molar-refractivity contribution in [3.05, 3.63) is 87.7 Å². The quantitative estimate of drug-likeness (QED) is 0.399. The van der Waals surface area contributed by atoms with Crippen molar-refractivity contribution in [1.29, 1.82) is 0 Å². The number of H-pyrrole nitrogens is 1. The van der Waals surface area contributed by atoms with E-state index in [9.17, 15) is 23.1 Å². The van der Waals surface area contributed by atoms with Gasteiger partial charge in [0.05, 0.1) is 17.5 Å². The molecule has 3 aromatic carbocycles. The molecule has 174 valence electrons. The average molecular weight is 479 g/mol. The number of benzene rings is 3. The normalized spacial score (nSPS) is 11.4. The number of rotatable bonds is 5. The molecule has 0 aliphatic heterocycles. The van der Waals surface area contributed by atoms with E-state index >= 15 is 0 Å². The summed E-state index contributed by atoms with van der Waals surface area (Å²) in [7, 11) is -2.88. The van der Waals surface area contributed by atoms with Gasteiger partial charge in [0.25, 0.3) is 11.5 Å². The number of carbonyl (C=O) groups is 1. The van der Waals surface area contributed by atoms with Gasteiger partial charge in [-0.3, -0.25) is 9.59 Å². The number of hydrogen-bond donors (Lipinski definition) is 3. The molecule has 0 atom stereocenters. The Labute approximate surface area is 195 Å². The van der Waals surface area contributed by atoms with Crippen LogP contribution in [0.5, 0.6) is 11.5 Å². The first kappa shape index (κ1) is 23.1. The molecule has 1 aromatic heterocycles. The molecule has 1 heterocycles. The summed E-state index contributed by atoms with van der Waals surface area (Å²) in [5.74, 6) is -0.654. The predicted molar refractivity (Wildman–Crippen MR) is 129 cm³/mol. The summed E-state index contributed by atoms with van der Waals surface area (Å²) < 4.78 is 31.2. The highest BCUT2D eigenvalue weighted by Crippen LogP contribution is 2.32. The van der Waals surface area contributed by atoms with E-state index in [1.807, 2.05) is 26.0 Å². The fourth-order valence-corrected chi connectivity index (χ4v) is 4.94. The molecule has 34 heavy (non-hydrogen) atoms. The van der Waals surface area contributed by atoms with Crippen LogP contribution in [0.4, 0.5) is 5.69 Å². The Balaban J connectivity index is 1.73. The van der Waals surface area contributed by atoms with E-state index in [1.54, 1.807) is 6.07 Å². The monoisotopic (exact) mass is 478 g/mol. The Morgan fingerprint density at radius 1 is 0.971 bits per heavy atom. The van der Waals surface area contributed by atoms with Crippen molar-refractivity contribution in [2.75, 3.05) is 12.4 Å². The van der Waals surface area contributed by atoms with E-state index < -0.39 is 31.9 Å². The van der Waals surface area contributed by atoms with Crippen molar-refractivity contribution in [1.82, 2.24) is 4.98 Å². The molecule has 0 aliphatic rings. The minimum absolute atomic E-state index is 0.0921. The Kier molecular flexibility index (Phi) is 5.89. The van der Waals surface area contributed by atoms with Crippen LogP contribution < -0.4 is 15.6 Å². The molecule has 8 nitrogen and oxygen atoms in total. The van der Waals surface area contributed by atoms with Gasteiger partial charge in [-0.05, 0) is 79.6 Å². The zero-order valence-electron chi connectivity index (χ0n) is 18.7. The van der Waals surface area contributed by atoms with Gasteiger partial charge in [0, 0.05) is 16.6 Å². The molecule has 9 heteroatoms. The van der Waals surface area contributed by atoms with Crippen molar-refractivity contribution < 1.29 is 23.1 Å². The number of fused-ring (bicyclic) bond motifs is 1. The standard InChI is InChI=1S/C25H22N2O6S/c1-14-4-6-17(12-15(14)2)26-24(29)16-5-11-20-21(13-16)27-25(30)23(22(20)28)34(31,32)19-9-7-18(33-3)8-10-19/h4-13H,1-3H3,(H,26,29)(H2,27,28,30). The lowest BCUT2D eigenvalue weighted by Gasteiger charge is -2.11. The first-order valence-corrected chi connectivity index (χ1v) is 11.8. The van der Waals surface area contributed by atoms with Crippen LogP contribution in [0, 0.1) is 13.8 Å². The maximum atomic E-state index is 13.1. The van der Waals surface area contributed by atoms with Crippen LogP contribution in [0.2, 0.25) is 0 Å². The number of sulfone groups is 1.